The zero-order valence-electron chi connectivity index (χ0n) is 14.0. The lowest BCUT2D eigenvalue weighted by Crippen LogP contribution is -2.02. The summed E-state index contributed by atoms with van der Waals surface area (Å²) in [5.41, 5.74) is 2.53. The van der Waals surface area contributed by atoms with E-state index >= 15 is 0 Å². The van der Waals surface area contributed by atoms with E-state index in [4.69, 9.17) is 0 Å². The van der Waals surface area contributed by atoms with Gasteiger partial charge in [0.05, 0.1) is 16.9 Å². The Hall–Kier alpha value is -3.59. The summed E-state index contributed by atoms with van der Waals surface area (Å²) in [4.78, 5) is 13.2. The normalized spacial score (nSPS) is 11.1. The van der Waals surface area contributed by atoms with Crippen molar-refractivity contribution < 1.29 is 4.79 Å². The molecule has 0 amide bonds. The van der Waals surface area contributed by atoms with Crippen LogP contribution >= 0.6 is 0 Å². The summed E-state index contributed by atoms with van der Waals surface area (Å²) in [6.07, 6.45) is 0. The Labute approximate surface area is 151 Å². The van der Waals surface area contributed by atoms with E-state index in [2.05, 4.69) is 10.2 Å². The standard InChI is InChI=1S/C23H16N2O/c26-23(20-15-8-10-17-9-4-5-13-19(17)20)21-14-6-7-16-22(21)25-24-18-11-2-1-3-12-18/h1-16H/b25-24+. The quantitative estimate of drug-likeness (QED) is 0.310. The van der Waals surface area contributed by atoms with Gasteiger partial charge in [0.15, 0.2) is 5.78 Å². The van der Waals surface area contributed by atoms with Crippen LogP contribution in [0.5, 0.6) is 0 Å². The van der Waals surface area contributed by atoms with Crippen molar-refractivity contribution in [2.45, 2.75) is 0 Å². The predicted octanol–water partition coefficient (Wildman–Crippen LogP) is 6.49. The fraction of sp³-hybridized carbons (Fsp3) is 0. The molecule has 0 unspecified atom stereocenters. The van der Waals surface area contributed by atoms with Crippen LogP contribution in [0.25, 0.3) is 10.8 Å². The number of carbonyl (C=O) groups is 1. The maximum absolute atomic E-state index is 13.2. The summed E-state index contributed by atoms with van der Waals surface area (Å²) in [7, 11) is 0. The van der Waals surface area contributed by atoms with E-state index in [-0.39, 0.29) is 5.78 Å². The second-order valence-corrected chi connectivity index (χ2v) is 5.91. The molecule has 0 radical (unpaired) electrons. The van der Waals surface area contributed by atoms with Crippen molar-refractivity contribution >= 4 is 27.9 Å². The van der Waals surface area contributed by atoms with E-state index in [1.807, 2.05) is 91.0 Å². The summed E-state index contributed by atoms with van der Waals surface area (Å²) in [5.74, 6) is -0.0515. The van der Waals surface area contributed by atoms with Crippen LogP contribution in [0.1, 0.15) is 15.9 Å². The Kier molecular flexibility index (Phi) is 4.35. The van der Waals surface area contributed by atoms with Crippen molar-refractivity contribution in [3.8, 4) is 0 Å². The smallest absolute Gasteiger partial charge is 0.195 e. The van der Waals surface area contributed by atoms with Gasteiger partial charge in [0.25, 0.3) is 0 Å². The van der Waals surface area contributed by atoms with E-state index in [9.17, 15) is 4.79 Å². The zero-order chi connectivity index (χ0) is 17.8. The average molecular weight is 336 g/mol. The van der Waals surface area contributed by atoms with Gasteiger partial charge in [-0.3, -0.25) is 4.79 Å². The summed E-state index contributed by atoms with van der Waals surface area (Å²) in [5, 5.41) is 10.5. The molecule has 4 aromatic rings. The zero-order valence-corrected chi connectivity index (χ0v) is 14.0. The SMILES string of the molecule is O=C(c1ccccc1/N=N/c1ccccc1)c1cccc2ccccc12. The molecular formula is C23H16N2O. The number of hydrogen-bond donors (Lipinski definition) is 0. The molecule has 0 atom stereocenters. The molecule has 0 saturated carbocycles. The van der Waals surface area contributed by atoms with Gasteiger partial charge in [-0.05, 0) is 35.0 Å². The van der Waals surface area contributed by atoms with Gasteiger partial charge in [0, 0.05) is 5.56 Å². The Bertz CT molecular complexity index is 1100. The number of nitrogens with zero attached hydrogens (tertiary/aromatic N) is 2. The minimum Gasteiger partial charge on any atom is -0.289 e. The van der Waals surface area contributed by atoms with Gasteiger partial charge >= 0.3 is 0 Å². The third-order valence-corrected chi connectivity index (χ3v) is 4.21. The molecule has 0 aromatic heterocycles. The highest BCUT2D eigenvalue weighted by molar-refractivity contribution is 6.18. The Balaban J connectivity index is 1.76. The first-order valence-electron chi connectivity index (χ1n) is 8.41. The highest BCUT2D eigenvalue weighted by Crippen LogP contribution is 2.27. The van der Waals surface area contributed by atoms with Crippen molar-refractivity contribution in [1.29, 1.82) is 0 Å². The highest BCUT2D eigenvalue weighted by Gasteiger charge is 2.15. The molecule has 0 aliphatic carbocycles. The van der Waals surface area contributed by atoms with Crippen LogP contribution in [0, 0.1) is 0 Å². The van der Waals surface area contributed by atoms with Gasteiger partial charge in [-0.2, -0.15) is 5.11 Å². The van der Waals surface area contributed by atoms with E-state index < -0.39 is 0 Å². The first kappa shape index (κ1) is 15.9. The largest absolute Gasteiger partial charge is 0.289 e. The molecule has 0 bridgehead atoms. The topological polar surface area (TPSA) is 41.8 Å². The first-order chi connectivity index (χ1) is 12.8. The van der Waals surface area contributed by atoms with Crippen LogP contribution in [0.2, 0.25) is 0 Å². The fourth-order valence-corrected chi connectivity index (χ4v) is 2.93. The average Bonchev–Trinajstić information content (AvgIpc) is 2.72. The Morgan fingerprint density at radius 2 is 1.23 bits per heavy atom. The van der Waals surface area contributed by atoms with E-state index in [0.717, 1.165) is 16.5 Å². The number of rotatable bonds is 4. The lowest BCUT2D eigenvalue weighted by Gasteiger charge is -2.07. The number of fused-ring (bicyclic) bond motifs is 1. The van der Waals surface area contributed by atoms with Crippen molar-refractivity contribution in [2.75, 3.05) is 0 Å². The van der Waals surface area contributed by atoms with Crippen LogP contribution in [-0.2, 0) is 0 Å². The van der Waals surface area contributed by atoms with E-state index in [1.165, 1.54) is 0 Å². The van der Waals surface area contributed by atoms with Crippen molar-refractivity contribution in [3.63, 3.8) is 0 Å². The van der Waals surface area contributed by atoms with Gasteiger partial charge in [0.1, 0.15) is 0 Å². The van der Waals surface area contributed by atoms with Gasteiger partial charge in [0.2, 0.25) is 0 Å². The summed E-state index contributed by atoms with van der Waals surface area (Å²) in [6, 6.07) is 30.5. The van der Waals surface area contributed by atoms with Crippen LogP contribution in [0.4, 0.5) is 11.4 Å². The summed E-state index contributed by atoms with van der Waals surface area (Å²) < 4.78 is 0. The lowest BCUT2D eigenvalue weighted by atomic mass is 9.96. The third-order valence-electron chi connectivity index (χ3n) is 4.21. The number of carbonyl (C=O) groups excluding carboxylic acids is 1. The minimum atomic E-state index is -0.0515. The molecule has 0 fully saturated rings. The van der Waals surface area contributed by atoms with Crippen molar-refractivity contribution in [3.05, 3.63) is 108 Å². The maximum atomic E-state index is 13.2. The molecule has 0 spiro atoms. The number of ketones is 1. The Morgan fingerprint density at radius 1 is 0.577 bits per heavy atom. The molecule has 0 N–H and O–H groups in total. The molecular weight excluding hydrogens is 320 g/mol. The lowest BCUT2D eigenvalue weighted by molar-refractivity contribution is 0.104. The molecule has 0 heterocycles. The summed E-state index contributed by atoms with van der Waals surface area (Å²) >= 11 is 0. The maximum Gasteiger partial charge on any atom is 0.195 e. The monoisotopic (exact) mass is 336 g/mol. The summed E-state index contributed by atoms with van der Waals surface area (Å²) in [6.45, 7) is 0. The highest BCUT2D eigenvalue weighted by atomic mass is 16.1. The van der Waals surface area contributed by atoms with Crippen LogP contribution in [0.15, 0.2) is 107 Å². The Morgan fingerprint density at radius 3 is 2.12 bits per heavy atom. The van der Waals surface area contributed by atoms with Crippen molar-refractivity contribution in [2.24, 2.45) is 10.2 Å². The van der Waals surface area contributed by atoms with Crippen LogP contribution in [-0.4, -0.2) is 5.78 Å². The van der Waals surface area contributed by atoms with E-state index in [0.29, 0.717) is 16.8 Å². The van der Waals surface area contributed by atoms with Gasteiger partial charge in [-0.15, -0.1) is 5.11 Å². The molecule has 4 aromatic carbocycles. The van der Waals surface area contributed by atoms with Crippen LogP contribution < -0.4 is 0 Å². The molecule has 0 aliphatic rings. The second-order valence-electron chi connectivity index (χ2n) is 5.91. The molecule has 0 saturated heterocycles. The van der Waals surface area contributed by atoms with Crippen molar-refractivity contribution in [1.82, 2.24) is 0 Å². The number of benzene rings is 4. The van der Waals surface area contributed by atoms with Gasteiger partial charge in [-0.25, -0.2) is 0 Å². The van der Waals surface area contributed by atoms with E-state index in [1.54, 1.807) is 6.07 Å². The molecule has 3 heteroatoms. The first-order valence-corrected chi connectivity index (χ1v) is 8.41. The number of hydrogen-bond acceptors (Lipinski definition) is 3. The molecule has 124 valence electrons. The number of azo groups is 1. The molecule has 3 nitrogen and oxygen atoms in total. The predicted molar refractivity (Wildman–Crippen MR) is 104 cm³/mol. The van der Waals surface area contributed by atoms with Gasteiger partial charge < -0.3 is 0 Å². The molecule has 26 heavy (non-hydrogen) atoms. The van der Waals surface area contributed by atoms with Crippen LogP contribution in [0.3, 0.4) is 0 Å². The fourth-order valence-electron chi connectivity index (χ4n) is 2.93. The molecule has 0 aliphatic heterocycles. The minimum absolute atomic E-state index is 0.0515. The second kappa shape index (κ2) is 7.11. The van der Waals surface area contributed by atoms with Gasteiger partial charge in [-0.1, -0.05) is 72.8 Å². The molecule has 4 rings (SSSR count). The third kappa shape index (κ3) is 3.15.